The van der Waals surface area contributed by atoms with Crippen molar-refractivity contribution in [2.24, 2.45) is 5.92 Å². The zero-order valence-corrected chi connectivity index (χ0v) is 17.9. The lowest BCUT2D eigenvalue weighted by molar-refractivity contribution is 0.0348. The van der Waals surface area contributed by atoms with Gasteiger partial charge in [-0.3, -0.25) is 4.79 Å². The highest BCUT2D eigenvalue weighted by molar-refractivity contribution is 5.98. The minimum absolute atomic E-state index is 0.0852. The topological polar surface area (TPSA) is 65.9 Å². The van der Waals surface area contributed by atoms with Crippen molar-refractivity contribution in [1.82, 2.24) is 14.8 Å². The van der Waals surface area contributed by atoms with Crippen LogP contribution in [-0.2, 0) is 0 Å². The summed E-state index contributed by atoms with van der Waals surface area (Å²) in [6.07, 6.45) is 1.65. The predicted molar refractivity (Wildman–Crippen MR) is 114 cm³/mol. The molecule has 1 N–H and O–H groups in total. The summed E-state index contributed by atoms with van der Waals surface area (Å²) >= 11 is 0. The number of likely N-dealkylation sites (N-methyl/N-ethyl adjacent to an activating group) is 1. The number of rotatable bonds is 5. The lowest BCUT2D eigenvalue weighted by Gasteiger charge is -2.37. The molecule has 3 atom stereocenters. The van der Waals surface area contributed by atoms with Crippen molar-refractivity contribution in [3.8, 4) is 17.0 Å². The number of aliphatic hydroxyl groups is 1. The minimum Gasteiger partial charge on any atom is -0.472 e. The standard InChI is InChI=1S/C23H31N3O3/c1-15-6-8-18(9-7-15)19-10-20-22(24-11-19)29-21(13-25(4)5)16(2)12-26(23(20)28)17(3)14-27/h6-11,16-17,21,27H,12-14H2,1-5H3/t16-,17-,21-/m0/s1. The molecule has 1 aliphatic rings. The fourth-order valence-electron chi connectivity index (χ4n) is 3.58. The van der Waals surface area contributed by atoms with Crippen LogP contribution in [0.5, 0.6) is 5.88 Å². The predicted octanol–water partition coefficient (Wildman–Crippen LogP) is 2.84. The highest BCUT2D eigenvalue weighted by Crippen LogP contribution is 2.30. The Hall–Kier alpha value is -2.44. The van der Waals surface area contributed by atoms with Gasteiger partial charge >= 0.3 is 0 Å². The summed E-state index contributed by atoms with van der Waals surface area (Å²) in [4.78, 5) is 21.7. The molecule has 29 heavy (non-hydrogen) atoms. The normalized spacial score (nSPS) is 20.7. The van der Waals surface area contributed by atoms with Crippen molar-refractivity contribution in [3.63, 3.8) is 0 Å². The van der Waals surface area contributed by atoms with Gasteiger partial charge < -0.3 is 19.6 Å². The molecule has 0 saturated heterocycles. The molecule has 156 valence electrons. The number of carbonyl (C=O) groups is 1. The van der Waals surface area contributed by atoms with Crippen LogP contribution in [0.1, 0.15) is 29.8 Å². The molecule has 1 aromatic heterocycles. The van der Waals surface area contributed by atoms with Crippen molar-refractivity contribution < 1.29 is 14.6 Å². The number of hydrogen-bond acceptors (Lipinski definition) is 5. The van der Waals surface area contributed by atoms with Crippen molar-refractivity contribution in [2.75, 3.05) is 33.8 Å². The monoisotopic (exact) mass is 397 g/mol. The molecule has 0 aliphatic carbocycles. The van der Waals surface area contributed by atoms with Crippen LogP contribution in [0.3, 0.4) is 0 Å². The van der Waals surface area contributed by atoms with E-state index >= 15 is 0 Å². The van der Waals surface area contributed by atoms with Crippen molar-refractivity contribution >= 4 is 5.91 Å². The molecule has 6 heteroatoms. The summed E-state index contributed by atoms with van der Waals surface area (Å²) in [6.45, 7) is 7.14. The number of benzene rings is 1. The third kappa shape index (κ3) is 4.77. The summed E-state index contributed by atoms with van der Waals surface area (Å²) in [5.41, 5.74) is 3.49. The van der Waals surface area contributed by atoms with Crippen LogP contribution in [-0.4, -0.2) is 71.7 Å². The Kier molecular flexibility index (Phi) is 6.55. The van der Waals surface area contributed by atoms with Gasteiger partial charge in [-0.25, -0.2) is 4.98 Å². The Morgan fingerprint density at radius 2 is 1.97 bits per heavy atom. The highest BCUT2D eigenvalue weighted by atomic mass is 16.5. The second-order valence-corrected chi connectivity index (χ2v) is 8.33. The quantitative estimate of drug-likeness (QED) is 0.840. The molecule has 0 radical (unpaired) electrons. The minimum atomic E-state index is -0.279. The fraction of sp³-hybridized carbons (Fsp3) is 0.478. The second kappa shape index (κ2) is 8.93. The van der Waals surface area contributed by atoms with Gasteiger partial charge in [0, 0.05) is 30.8 Å². The van der Waals surface area contributed by atoms with Gasteiger partial charge in [0.15, 0.2) is 0 Å². The SMILES string of the molecule is Cc1ccc(-c2cnc3c(c2)C(=O)N([C@@H](C)CO)C[C@H](C)[C@H](CN(C)C)O3)cc1. The maximum Gasteiger partial charge on any atom is 0.259 e. The Morgan fingerprint density at radius 3 is 2.59 bits per heavy atom. The lowest BCUT2D eigenvalue weighted by atomic mass is 9.99. The zero-order valence-electron chi connectivity index (χ0n) is 17.9. The van der Waals surface area contributed by atoms with Gasteiger partial charge in [-0.1, -0.05) is 36.8 Å². The number of nitrogens with zero attached hydrogens (tertiary/aromatic N) is 3. The molecule has 2 heterocycles. The van der Waals surface area contributed by atoms with Gasteiger partial charge in [0.05, 0.1) is 12.6 Å². The van der Waals surface area contributed by atoms with Crippen LogP contribution in [0.4, 0.5) is 0 Å². The van der Waals surface area contributed by atoms with E-state index in [1.165, 1.54) is 5.56 Å². The second-order valence-electron chi connectivity index (χ2n) is 8.33. The molecule has 1 aliphatic heterocycles. The van der Waals surface area contributed by atoms with Gasteiger partial charge in [-0.15, -0.1) is 0 Å². The van der Waals surface area contributed by atoms with E-state index < -0.39 is 0 Å². The molecule has 0 unspecified atom stereocenters. The number of pyridine rings is 1. The average Bonchev–Trinajstić information content (AvgIpc) is 2.70. The van der Waals surface area contributed by atoms with Crippen LogP contribution in [0.25, 0.3) is 11.1 Å². The Balaban J connectivity index is 2.06. The van der Waals surface area contributed by atoms with Gasteiger partial charge in [-0.05, 0) is 39.6 Å². The summed E-state index contributed by atoms with van der Waals surface area (Å²) in [7, 11) is 4.01. The third-order valence-electron chi connectivity index (χ3n) is 5.45. The van der Waals surface area contributed by atoms with Crippen LogP contribution in [0, 0.1) is 12.8 Å². The zero-order chi connectivity index (χ0) is 21.1. The van der Waals surface area contributed by atoms with Crippen LogP contribution >= 0.6 is 0 Å². The Morgan fingerprint density at radius 1 is 1.28 bits per heavy atom. The average molecular weight is 398 g/mol. The van der Waals surface area contributed by atoms with Crippen LogP contribution in [0.2, 0.25) is 0 Å². The van der Waals surface area contributed by atoms with E-state index in [-0.39, 0.29) is 30.6 Å². The first-order valence-corrected chi connectivity index (χ1v) is 10.1. The molecule has 0 fully saturated rings. The molecule has 0 bridgehead atoms. The largest absolute Gasteiger partial charge is 0.472 e. The van der Waals surface area contributed by atoms with Gasteiger partial charge in [0.25, 0.3) is 5.91 Å². The number of amides is 1. The van der Waals surface area contributed by atoms with Crippen molar-refractivity contribution in [1.29, 1.82) is 0 Å². The summed E-state index contributed by atoms with van der Waals surface area (Å²) in [5, 5.41) is 9.72. The fourth-order valence-corrected chi connectivity index (χ4v) is 3.58. The van der Waals surface area contributed by atoms with Crippen LogP contribution in [0.15, 0.2) is 36.5 Å². The van der Waals surface area contributed by atoms with E-state index in [1.54, 1.807) is 11.1 Å². The number of ether oxygens (including phenoxy) is 1. The van der Waals surface area contributed by atoms with E-state index in [9.17, 15) is 9.90 Å². The number of hydrogen-bond donors (Lipinski definition) is 1. The smallest absolute Gasteiger partial charge is 0.259 e. The summed E-state index contributed by atoms with van der Waals surface area (Å²) < 4.78 is 6.24. The Labute approximate surface area is 173 Å². The number of aryl methyl sites for hydroxylation is 1. The molecule has 1 amide bonds. The molecular formula is C23H31N3O3. The third-order valence-corrected chi connectivity index (χ3v) is 5.45. The summed E-state index contributed by atoms with van der Waals surface area (Å²) in [5.74, 6) is 0.305. The maximum atomic E-state index is 13.4. The molecule has 6 nitrogen and oxygen atoms in total. The molecule has 3 rings (SSSR count). The van der Waals surface area contributed by atoms with Crippen molar-refractivity contribution in [3.05, 3.63) is 47.7 Å². The number of aromatic nitrogens is 1. The highest BCUT2D eigenvalue weighted by Gasteiger charge is 2.33. The summed E-state index contributed by atoms with van der Waals surface area (Å²) in [6, 6.07) is 9.71. The van der Waals surface area contributed by atoms with E-state index in [0.717, 1.165) is 17.7 Å². The molecular weight excluding hydrogens is 366 g/mol. The number of carbonyl (C=O) groups excluding carboxylic acids is 1. The molecule has 0 spiro atoms. The lowest BCUT2D eigenvalue weighted by Crippen LogP contribution is -2.49. The van der Waals surface area contributed by atoms with Gasteiger partial charge in [0.1, 0.15) is 11.7 Å². The first-order valence-electron chi connectivity index (χ1n) is 10.1. The first kappa shape index (κ1) is 21.3. The van der Waals surface area contributed by atoms with Crippen LogP contribution < -0.4 is 4.74 Å². The van der Waals surface area contributed by atoms with E-state index in [0.29, 0.717) is 18.0 Å². The number of aliphatic hydroxyl groups excluding tert-OH is 1. The Bertz CT molecular complexity index is 851. The van der Waals surface area contributed by atoms with Gasteiger partial charge in [-0.2, -0.15) is 0 Å². The first-order chi connectivity index (χ1) is 13.8. The molecule has 1 aromatic carbocycles. The molecule has 2 aromatic rings. The van der Waals surface area contributed by atoms with Gasteiger partial charge in [0.2, 0.25) is 5.88 Å². The van der Waals surface area contributed by atoms with E-state index in [1.807, 2.05) is 58.3 Å². The maximum absolute atomic E-state index is 13.4. The van der Waals surface area contributed by atoms with Crippen molar-refractivity contribution in [2.45, 2.75) is 32.9 Å². The van der Waals surface area contributed by atoms with E-state index in [4.69, 9.17) is 4.74 Å². The molecule has 0 saturated carbocycles. The van der Waals surface area contributed by atoms with E-state index in [2.05, 4.69) is 16.8 Å². The number of fused-ring (bicyclic) bond motifs is 1.